The molecule has 9 nitrogen and oxygen atoms in total. The zero-order chi connectivity index (χ0) is 22.4. The highest BCUT2D eigenvalue weighted by Crippen LogP contribution is 2.37. The number of carbonyl (C=O) groups is 1. The number of nitrogens with one attached hydrogen (secondary N) is 1. The number of aromatic nitrogens is 2. The second-order valence-corrected chi connectivity index (χ2v) is 8.34. The van der Waals surface area contributed by atoms with E-state index in [0.717, 1.165) is 5.56 Å². The van der Waals surface area contributed by atoms with Crippen molar-refractivity contribution < 1.29 is 27.4 Å². The van der Waals surface area contributed by atoms with Gasteiger partial charge in [0.05, 0.1) is 21.3 Å². The van der Waals surface area contributed by atoms with Crippen LogP contribution in [-0.2, 0) is 19.6 Å². The topological polar surface area (TPSA) is 117 Å². The van der Waals surface area contributed by atoms with Crippen LogP contribution in [0, 0.1) is 0 Å². The summed E-state index contributed by atoms with van der Waals surface area (Å²) in [5.74, 6) is -0.343. The number of carbonyl (C=O) groups excluding carboxylic acids is 1. The molecule has 0 bridgehead atoms. The molecule has 0 aliphatic carbocycles. The second kappa shape index (κ2) is 9.58. The first kappa shape index (κ1) is 22.2. The van der Waals surface area contributed by atoms with Gasteiger partial charge in [-0.15, -0.1) is 5.10 Å². The summed E-state index contributed by atoms with van der Waals surface area (Å²) in [5, 5.41) is 5.78. The fourth-order valence-electron chi connectivity index (χ4n) is 2.69. The molecule has 0 aliphatic heterocycles. The van der Waals surface area contributed by atoms with E-state index in [1.54, 1.807) is 35.7 Å². The molecule has 0 radical (unpaired) electrons. The van der Waals surface area contributed by atoms with E-state index in [0.29, 0.717) is 16.9 Å². The quantitative estimate of drug-likeness (QED) is 0.401. The molecule has 2 aromatic carbocycles. The zero-order valence-electron chi connectivity index (χ0n) is 16.9. The molecule has 162 valence electrons. The van der Waals surface area contributed by atoms with Crippen LogP contribution in [0.1, 0.15) is 5.56 Å². The van der Waals surface area contributed by atoms with Gasteiger partial charge < -0.3 is 14.2 Å². The molecule has 3 aromatic rings. The van der Waals surface area contributed by atoms with Gasteiger partial charge in [0.25, 0.3) is 10.0 Å². The number of hydrogen-bond acceptors (Lipinski definition) is 9. The maximum atomic E-state index is 13.1. The van der Waals surface area contributed by atoms with Gasteiger partial charge in [-0.05, 0) is 47.4 Å². The van der Waals surface area contributed by atoms with Crippen molar-refractivity contribution >= 4 is 39.3 Å². The summed E-state index contributed by atoms with van der Waals surface area (Å²) in [4.78, 5) is 11.2. The van der Waals surface area contributed by atoms with Gasteiger partial charge in [-0.25, -0.2) is 13.2 Å². The number of anilines is 1. The minimum Gasteiger partial charge on any atom is -0.493 e. The number of esters is 1. The lowest BCUT2D eigenvalue weighted by atomic mass is 10.2. The highest BCUT2D eigenvalue weighted by Gasteiger charge is 2.24. The van der Waals surface area contributed by atoms with Crippen molar-refractivity contribution in [1.29, 1.82) is 0 Å². The lowest BCUT2D eigenvalue weighted by molar-refractivity contribution is -0.134. The standard InChI is InChI=1S/C20H19N3O6S2/c1-27-17-10-13(4-9-19(24)28-2)11-18(20(17)29-3)31(25,26)22-15-7-5-14(6-8-15)16-12-30-23-21-16/h4-12,22H,1-3H3/b9-4+. The number of hydrogen-bond donors (Lipinski definition) is 1. The molecule has 0 saturated carbocycles. The Kier molecular flexibility index (Phi) is 6.88. The molecular weight excluding hydrogens is 442 g/mol. The van der Waals surface area contributed by atoms with Gasteiger partial charge in [0.2, 0.25) is 0 Å². The van der Waals surface area contributed by atoms with Crippen LogP contribution in [0.15, 0.2) is 52.7 Å². The lowest BCUT2D eigenvalue weighted by Gasteiger charge is -2.15. The Morgan fingerprint density at radius 1 is 1.10 bits per heavy atom. The van der Waals surface area contributed by atoms with E-state index in [9.17, 15) is 13.2 Å². The number of nitrogens with zero attached hydrogens (tertiary/aromatic N) is 2. The highest BCUT2D eigenvalue weighted by atomic mass is 32.2. The van der Waals surface area contributed by atoms with E-state index in [1.807, 2.05) is 0 Å². The van der Waals surface area contributed by atoms with Gasteiger partial charge in [-0.3, -0.25) is 4.72 Å². The van der Waals surface area contributed by atoms with Gasteiger partial charge in [-0.1, -0.05) is 16.6 Å². The molecule has 11 heteroatoms. The Labute approximate surface area is 183 Å². The first-order valence-corrected chi connectivity index (χ1v) is 11.1. The smallest absolute Gasteiger partial charge is 0.330 e. The van der Waals surface area contributed by atoms with Crippen molar-refractivity contribution in [2.75, 3.05) is 26.1 Å². The van der Waals surface area contributed by atoms with Gasteiger partial charge in [-0.2, -0.15) is 0 Å². The van der Waals surface area contributed by atoms with E-state index >= 15 is 0 Å². The molecule has 0 saturated heterocycles. The van der Waals surface area contributed by atoms with Crippen LogP contribution in [0.3, 0.4) is 0 Å². The summed E-state index contributed by atoms with van der Waals surface area (Å²) in [6.07, 6.45) is 2.60. The monoisotopic (exact) mass is 461 g/mol. The van der Waals surface area contributed by atoms with E-state index in [1.165, 1.54) is 51.1 Å². The van der Waals surface area contributed by atoms with E-state index in [-0.39, 0.29) is 16.4 Å². The molecule has 0 spiro atoms. The van der Waals surface area contributed by atoms with Crippen molar-refractivity contribution in [2.24, 2.45) is 0 Å². The van der Waals surface area contributed by atoms with Gasteiger partial charge in [0.15, 0.2) is 11.5 Å². The summed E-state index contributed by atoms with van der Waals surface area (Å²) in [6.45, 7) is 0. The van der Waals surface area contributed by atoms with Crippen molar-refractivity contribution in [3.05, 3.63) is 53.4 Å². The van der Waals surface area contributed by atoms with E-state index in [4.69, 9.17) is 9.47 Å². The first-order valence-electron chi connectivity index (χ1n) is 8.80. The van der Waals surface area contributed by atoms with Crippen molar-refractivity contribution in [1.82, 2.24) is 9.59 Å². The van der Waals surface area contributed by atoms with Gasteiger partial charge >= 0.3 is 5.97 Å². The molecule has 0 aliphatic rings. The lowest BCUT2D eigenvalue weighted by Crippen LogP contribution is -2.15. The summed E-state index contributed by atoms with van der Waals surface area (Å²) in [5.41, 5.74) is 2.28. The van der Waals surface area contributed by atoms with Crippen LogP contribution in [0.4, 0.5) is 5.69 Å². The van der Waals surface area contributed by atoms with Crippen LogP contribution in [0.25, 0.3) is 17.3 Å². The minimum absolute atomic E-state index is 0.0374. The average molecular weight is 462 g/mol. The van der Waals surface area contributed by atoms with Crippen LogP contribution in [-0.4, -0.2) is 45.3 Å². The third-order valence-electron chi connectivity index (χ3n) is 4.16. The third kappa shape index (κ3) is 5.19. The molecule has 31 heavy (non-hydrogen) atoms. The molecule has 0 unspecified atom stereocenters. The maximum absolute atomic E-state index is 13.1. The summed E-state index contributed by atoms with van der Waals surface area (Å²) < 4.78 is 47.7. The fraction of sp³-hybridized carbons (Fsp3) is 0.150. The maximum Gasteiger partial charge on any atom is 0.330 e. The minimum atomic E-state index is -4.05. The van der Waals surface area contributed by atoms with Crippen LogP contribution in [0.2, 0.25) is 0 Å². The summed E-state index contributed by atoms with van der Waals surface area (Å²) in [6, 6.07) is 9.64. The SMILES string of the molecule is COC(=O)/C=C/c1cc(OC)c(OC)c(S(=O)(=O)Nc2ccc(-c3csnn3)cc2)c1. The predicted molar refractivity (Wildman–Crippen MR) is 117 cm³/mol. The Morgan fingerprint density at radius 3 is 2.42 bits per heavy atom. The number of benzene rings is 2. The zero-order valence-corrected chi connectivity index (χ0v) is 18.5. The second-order valence-electron chi connectivity index (χ2n) is 6.08. The molecule has 0 amide bonds. The number of sulfonamides is 1. The summed E-state index contributed by atoms with van der Waals surface area (Å²) >= 11 is 1.23. The van der Waals surface area contributed by atoms with Crippen molar-refractivity contribution in [2.45, 2.75) is 4.90 Å². The van der Waals surface area contributed by atoms with Gasteiger partial charge in [0, 0.05) is 22.7 Å². The van der Waals surface area contributed by atoms with Gasteiger partial charge in [0.1, 0.15) is 10.6 Å². The van der Waals surface area contributed by atoms with E-state index in [2.05, 4.69) is 19.0 Å². The van der Waals surface area contributed by atoms with Crippen LogP contribution in [0.5, 0.6) is 11.5 Å². The average Bonchev–Trinajstić information content (AvgIpc) is 3.31. The molecule has 1 N–H and O–H groups in total. The fourth-order valence-corrected chi connectivity index (χ4v) is 4.43. The predicted octanol–water partition coefficient (Wildman–Crippen LogP) is 3.21. The Hall–Kier alpha value is -3.44. The molecule has 1 aromatic heterocycles. The van der Waals surface area contributed by atoms with Crippen molar-refractivity contribution in [3.8, 4) is 22.8 Å². The molecule has 1 heterocycles. The highest BCUT2D eigenvalue weighted by molar-refractivity contribution is 7.92. The molecular formula is C20H19N3O6S2. The Bertz CT molecular complexity index is 1190. The molecule has 3 rings (SSSR count). The summed E-state index contributed by atoms with van der Waals surface area (Å²) in [7, 11) is -0.0704. The molecule has 0 fully saturated rings. The number of ether oxygens (including phenoxy) is 3. The van der Waals surface area contributed by atoms with Crippen LogP contribution < -0.4 is 14.2 Å². The Morgan fingerprint density at radius 2 is 1.84 bits per heavy atom. The Balaban J connectivity index is 1.96. The van der Waals surface area contributed by atoms with E-state index < -0.39 is 16.0 Å². The first-order chi connectivity index (χ1) is 14.9. The number of methoxy groups -OCH3 is 3. The largest absolute Gasteiger partial charge is 0.493 e. The number of rotatable bonds is 8. The third-order valence-corrected chi connectivity index (χ3v) is 6.05. The molecule has 0 atom stereocenters. The van der Waals surface area contributed by atoms with Crippen molar-refractivity contribution in [3.63, 3.8) is 0 Å². The normalized spacial score (nSPS) is 11.3. The van der Waals surface area contributed by atoms with Crippen LogP contribution >= 0.6 is 11.5 Å².